The lowest BCUT2D eigenvalue weighted by atomic mass is 10.3. The molecule has 2 rings (SSSR count). The number of pyridine rings is 1. The second-order valence-electron chi connectivity index (χ2n) is 3.11. The van der Waals surface area contributed by atoms with Crippen LogP contribution in [0.3, 0.4) is 0 Å². The number of aromatic nitrogens is 3. The first-order chi connectivity index (χ1) is 7.15. The van der Waals surface area contributed by atoms with E-state index >= 15 is 0 Å². The number of aryl methyl sites for hydroxylation is 1. The second kappa shape index (κ2) is 3.86. The van der Waals surface area contributed by atoms with Crippen molar-refractivity contribution in [3.05, 3.63) is 40.5 Å². The third-order valence-corrected chi connectivity index (χ3v) is 2.06. The van der Waals surface area contributed by atoms with Crippen LogP contribution in [-0.4, -0.2) is 15.0 Å². The Bertz CT molecular complexity index is 533. The summed E-state index contributed by atoms with van der Waals surface area (Å²) in [6.07, 6.45) is 1.15. The molecule has 76 valence electrons. The zero-order chi connectivity index (χ0) is 10.8. The summed E-state index contributed by atoms with van der Waals surface area (Å²) < 4.78 is 13.1. The number of hydrogen-bond acceptors (Lipinski definition) is 3. The normalized spacial score (nSPS) is 10.3. The van der Waals surface area contributed by atoms with E-state index in [4.69, 9.17) is 12.2 Å². The Labute approximate surface area is 91.0 Å². The average Bonchev–Trinajstić information content (AvgIpc) is 2.17. The monoisotopic (exact) mass is 221 g/mol. The van der Waals surface area contributed by atoms with E-state index in [9.17, 15) is 4.39 Å². The van der Waals surface area contributed by atoms with Crippen LogP contribution < -0.4 is 0 Å². The summed E-state index contributed by atoms with van der Waals surface area (Å²) in [5, 5.41) is 0. The zero-order valence-corrected chi connectivity index (χ0v) is 8.81. The van der Waals surface area contributed by atoms with E-state index in [1.54, 1.807) is 12.1 Å². The molecule has 0 aromatic carbocycles. The third-order valence-electron chi connectivity index (χ3n) is 1.85. The zero-order valence-electron chi connectivity index (χ0n) is 7.99. The molecule has 0 fully saturated rings. The lowest BCUT2D eigenvalue weighted by Crippen LogP contribution is -1.94. The van der Waals surface area contributed by atoms with E-state index < -0.39 is 0 Å². The maximum Gasteiger partial charge on any atom is 0.157 e. The van der Waals surface area contributed by atoms with Gasteiger partial charge < -0.3 is 4.98 Å². The van der Waals surface area contributed by atoms with E-state index in [2.05, 4.69) is 15.0 Å². The SMILES string of the molecule is Cc1cc(=S)nc(-c2ccc(F)cn2)[nH]1. The van der Waals surface area contributed by atoms with Gasteiger partial charge in [-0.2, -0.15) is 0 Å². The van der Waals surface area contributed by atoms with Crippen molar-refractivity contribution in [2.45, 2.75) is 6.92 Å². The highest BCUT2D eigenvalue weighted by molar-refractivity contribution is 7.71. The standard InChI is InChI=1S/C10H8FN3S/c1-6-4-9(15)14-10(13-6)8-3-2-7(11)5-12-8/h2-5H,1H3,(H,13,14,15). The van der Waals surface area contributed by atoms with Gasteiger partial charge in [0.1, 0.15) is 16.2 Å². The molecule has 0 spiro atoms. The van der Waals surface area contributed by atoms with Gasteiger partial charge in [-0.25, -0.2) is 14.4 Å². The summed E-state index contributed by atoms with van der Waals surface area (Å²) in [6.45, 7) is 1.88. The number of H-pyrrole nitrogens is 1. The average molecular weight is 221 g/mol. The van der Waals surface area contributed by atoms with E-state index in [0.29, 0.717) is 16.2 Å². The molecule has 0 aliphatic heterocycles. The molecule has 1 N–H and O–H groups in total. The quantitative estimate of drug-likeness (QED) is 0.753. The Morgan fingerprint density at radius 3 is 2.80 bits per heavy atom. The summed E-state index contributed by atoms with van der Waals surface area (Å²) in [6, 6.07) is 4.65. The smallest absolute Gasteiger partial charge is 0.157 e. The molecule has 0 saturated carbocycles. The van der Waals surface area contributed by atoms with Gasteiger partial charge in [-0.3, -0.25) is 0 Å². The molecule has 2 aromatic rings. The molecule has 0 amide bonds. The number of rotatable bonds is 1. The summed E-state index contributed by atoms with van der Waals surface area (Å²) in [5.41, 5.74) is 1.47. The van der Waals surface area contributed by atoms with Crippen molar-refractivity contribution in [2.75, 3.05) is 0 Å². The highest BCUT2D eigenvalue weighted by atomic mass is 32.1. The molecule has 0 saturated heterocycles. The molecule has 0 unspecified atom stereocenters. The van der Waals surface area contributed by atoms with Crippen molar-refractivity contribution in [3.8, 4) is 11.5 Å². The number of nitrogens with one attached hydrogen (secondary N) is 1. The topological polar surface area (TPSA) is 41.6 Å². The molecule has 15 heavy (non-hydrogen) atoms. The number of hydrogen-bond donors (Lipinski definition) is 1. The van der Waals surface area contributed by atoms with Crippen LogP contribution in [0.4, 0.5) is 4.39 Å². The lowest BCUT2D eigenvalue weighted by molar-refractivity contribution is 0.621. The van der Waals surface area contributed by atoms with Crippen LogP contribution in [-0.2, 0) is 0 Å². The summed E-state index contributed by atoms with van der Waals surface area (Å²) in [5.74, 6) is 0.185. The molecule has 2 aromatic heterocycles. The lowest BCUT2D eigenvalue weighted by Gasteiger charge is -2.01. The van der Waals surface area contributed by atoms with Gasteiger partial charge in [0.2, 0.25) is 0 Å². The molecule has 0 aliphatic carbocycles. The first-order valence-corrected chi connectivity index (χ1v) is 4.76. The van der Waals surface area contributed by atoms with Gasteiger partial charge in [-0.15, -0.1) is 0 Å². The van der Waals surface area contributed by atoms with Crippen molar-refractivity contribution in [1.29, 1.82) is 0 Å². The first kappa shape index (κ1) is 9.92. The van der Waals surface area contributed by atoms with Crippen LogP contribution >= 0.6 is 12.2 Å². The molecule has 2 heterocycles. The van der Waals surface area contributed by atoms with E-state index in [0.717, 1.165) is 11.9 Å². The van der Waals surface area contributed by atoms with Gasteiger partial charge in [0.15, 0.2) is 5.82 Å². The van der Waals surface area contributed by atoms with Gasteiger partial charge in [-0.05, 0) is 25.1 Å². The minimum absolute atomic E-state index is 0.370. The maximum absolute atomic E-state index is 12.6. The minimum Gasteiger partial charge on any atom is -0.342 e. The molecular formula is C10H8FN3S. The molecule has 0 bridgehead atoms. The predicted octanol–water partition coefficient (Wildman–Crippen LogP) is 2.65. The van der Waals surface area contributed by atoms with Crippen LogP contribution in [0.5, 0.6) is 0 Å². The molecule has 0 aliphatic rings. The fourth-order valence-electron chi connectivity index (χ4n) is 1.22. The number of aromatic amines is 1. The first-order valence-electron chi connectivity index (χ1n) is 4.35. The van der Waals surface area contributed by atoms with Crippen LogP contribution in [0.15, 0.2) is 24.4 Å². The van der Waals surface area contributed by atoms with Gasteiger partial charge in [0.25, 0.3) is 0 Å². The van der Waals surface area contributed by atoms with Crippen LogP contribution in [0.25, 0.3) is 11.5 Å². The van der Waals surface area contributed by atoms with E-state index in [1.165, 1.54) is 6.07 Å². The van der Waals surface area contributed by atoms with E-state index in [-0.39, 0.29) is 5.82 Å². The minimum atomic E-state index is -0.370. The largest absolute Gasteiger partial charge is 0.342 e. The summed E-state index contributed by atoms with van der Waals surface area (Å²) >= 11 is 4.98. The maximum atomic E-state index is 12.6. The Morgan fingerprint density at radius 2 is 2.20 bits per heavy atom. The Kier molecular flexibility index (Phi) is 2.55. The Hall–Kier alpha value is -1.62. The van der Waals surface area contributed by atoms with Gasteiger partial charge >= 0.3 is 0 Å². The van der Waals surface area contributed by atoms with Crippen molar-refractivity contribution in [1.82, 2.24) is 15.0 Å². The molecule has 3 nitrogen and oxygen atoms in total. The second-order valence-corrected chi connectivity index (χ2v) is 3.53. The Balaban J connectivity index is 2.54. The highest BCUT2D eigenvalue weighted by Crippen LogP contribution is 2.11. The molecule has 0 radical (unpaired) electrons. The molecular weight excluding hydrogens is 213 g/mol. The van der Waals surface area contributed by atoms with Crippen LogP contribution in [0, 0.1) is 17.4 Å². The molecule has 5 heteroatoms. The van der Waals surface area contributed by atoms with Crippen LogP contribution in [0.2, 0.25) is 0 Å². The fourth-order valence-corrected chi connectivity index (χ4v) is 1.48. The van der Waals surface area contributed by atoms with Crippen LogP contribution in [0.1, 0.15) is 5.69 Å². The van der Waals surface area contributed by atoms with Crippen molar-refractivity contribution in [3.63, 3.8) is 0 Å². The summed E-state index contributed by atoms with van der Waals surface area (Å²) in [7, 11) is 0. The fraction of sp³-hybridized carbons (Fsp3) is 0.100. The third kappa shape index (κ3) is 2.24. The Morgan fingerprint density at radius 1 is 1.40 bits per heavy atom. The van der Waals surface area contributed by atoms with E-state index in [1.807, 2.05) is 6.92 Å². The van der Waals surface area contributed by atoms with Crippen molar-refractivity contribution < 1.29 is 4.39 Å². The molecule has 0 atom stereocenters. The number of halogens is 1. The van der Waals surface area contributed by atoms with Crippen molar-refractivity contribution in [2.24, 2.45) is 0 Å². The van der Waals surface area contributed by atoms with Crippen molar-refractivity contribution >= 4 is 12.2 Å². The summed E-state index contributed by atoms with van der Waals surface area (Å²) in [4.78, 5) is 11.0. The number of nitrogens with zero attached hydrogens (tertiary/aromatic N) is 2. The highest BCUT2D eigenvalue weighted by Gasteiger charge is 2.02. The predicted molar refractivity (Wildman–Crippen MR) is 57.3 cm³/mol. The van der Waals surface area contributed by atoms with Gasteiger partial charge in [0.05, 0.1) is 6.20 Å². The van der Waals surface area contributed by atoms with Gasteiger partial charge in [0, 0.05) is 5.69 Å². The van der Waals surface area contributed by atoms with Gasteiger partial charge in [-0.1, -0.05) is 12.2 Å².